The first kappa shape index (κ1) is 50.2. The highest BCUT2D eigenvalue weighted by atomic mass is 16.8. The van der Waals surface area contributed by atoms with Crippen LogP contribution < -0.4 is 0 Å². The zero-order chi connectivity index (χ0) is 48.1. The van der Waals surface area contributed by atoms with Gasteiger partial charge in [-0.3, -0.25) is 0 Å². The molecule has 12 N–H and O–H groups in total. The lowest BCUT2D eigenvalue weighted by Gasteiger charge is -2.64. The Labute approximate surface area is 386 Å². The maximum Gasteiger partial charge on any atom is 0.187 e. The van der Waals surface area contributed by atoms with Crippen LogP contribution in [-0.4, -0.2) is 203 Å². The standard InChI is InChI=1S/C47H78O19/c1-41(2)26(63-40-35(28(53)22(52)18-60-40)64-38-33(58)31(56)29(54)23(16-48)61-38)9-11-47-19-46(47)13-12-43(5)37(21(51)15-44(43,6)25(46)14-20(50)36(41)47)45(7)10-8-27(65-45)42(3,4)66-39-34(59)32(57)30(55)24(17-49)62-39/h20-40,48-59H,8-19H2,1-7H3/t20-,21-,22+,23+,24+,25?,26?,27?,28+,29+,30+,31+,32+,33+,34+,35+,36?,37?,38-,39-,40-,43+,44-,45+,46?,47?/m0/s1. The van der Waals surface area contributed by atoms with E-state index in [0.29, 0.717) is 32.1 Å². The molecular weight excluding hydrogens is 868 g/mol. The summed E-state index contributed by atoms with van der Waals surface area (Å²) < 4.78 is 43.2. The van der Waals surface area contributed by atoms with Gasteiger partial charge in [0.15, 0.2) is 18.9 Å². The third-order valence-corrected chi connectivity index (χ3v) is 19.9. The zero-order valence-electron chi connectivity index (χ0n) is 39.3. The second-order valence-electron chi connectivity index (χ2n) is 23.8. The first-order valence-electron chi connectivity index (χ1n) is 24.4. The van der Waals surface area contributed by atoms with Gasteiger partial charge in [-0.25, -0.2) is 0 Å². The number of aliphatic hydroxyl groups excluding tert-OH is 12. The van der Waals surface area contributed by atoms with E-state index >= 15 is 0 Å². The van der Waals surface area contributed by atoms with Crippen molar-refractivity contribution in [2.24, 2.45) is 44.8 Å². The van der Waals surface area contributed by atoms with Gasteiger partial charge in [0, 0.05) is 5.92 Å². The van der Waals surface area contributed by atoms with Crippen molar-refractivity contribution in [1.29, 1.82) is 0 Å². The van der Waals surface area contributed by atoms with Crippen LogP contribution in [0.5, 0.6) is 0 Å². The van der Waals surface area contributed by atoms with Crippen molar-refractivity contribution in [2.45, 2.75) is 228 Å². The van der Waals surface area contributed by atoms with E-state index in [0.717, 1.165) is 25.7 Å². The lowest BCUT2D eigenvalue weighted by molar-refractivity contribution is -0.366. The van der Waals surface area contributed by atoms with E-state index in [1.807, 2.05) is 13.8 Å². The minimum absolute atomic E-state index is 0.0698. The van der Waals surface area contributed by atoms with Gasteiger partial charge in [0.05, 0.1) is 55.4 Å². The molecule has 5 saturated carbocycles. The number of hydrogen-bond donors (Lipinski definition) is 12. The Morgan fingerprint density at radius 2 is 1.21 bits per heavy atom. The fraction of sp³-hybridized carbons (Fsp3) is 1.00. The van der Waals surface area contributed by atoms with Crippen LogP contribution in [0, 0.1) is 44.8 Å². The fourth-order valence-corrected chi connectivity index (χ4v) is 16.4. The van der Waals surface area contributed by atoms with Crippen molar-refractivity contribution >= 4 is 0 Å². The number of ether oxygens (including phenoxy) is 7. The highest BCUT2D eigenvalue weighted by molar-refractivity contribution is 5.33. The van der Waals surface area contributed by atoms with Gasteiger partial charge in [-0.2, -0.15) is 0 Å². The Morgan fingerprint density at radius 1 is 0.591 bits per heavy atom. The molecule has 4 aliphatic heterocycles. The molecule has 9 fully saturated rings. The second kappa shape index (κ2) is 16.9. The molecule has 26 atom stereocenters. The molecule has 0 radical (unpaired) electrons. The maximum absolute atomic E-state index is 12.5. The summed E-state index contributed by atoms with van der Waals surface area (Å²) in [6.07, 6.45) is -16.5. The van der Waals surface area contributed by atoms with Crippen molar-refractivity contribution < 1.29 is 94.4 Å². The van der Waals surface area contributed by atoms with Gasteiger partial charge in [-0.15, -0.1) is 0 Å². The maximum atomic E-state index is 12.5. The summed E-state index contributed by atoms with van der Waals surface area (Å²) in [6.45, 7) is 13.0. The Hall–Kier alpha value is -0.760. The summed E-state index contributed by atoms with van der Waals surface area (Å²) in [6, 6.07) is 0. The predicted molar refractivity (Wildman–Crippen MR) is 226 cm³/mol. The van der Waals surface area contributed by atoms with Crippen LogP contribution in [0.2, 0.25) is 0 Å². The Morgan fingerprint density at radius 3 is 1.85 bits per heavy atom. The van der Waals surface area contributed by atoms with Crippen molar-refractivity contribution in [1.82, 2.24) is 0 Å². The van der Waals surface area contributed by atoms with Gasteiger partial charge in [0.1, 0.15) is 67.1 Å². The van der Waals surface area contributed by atoms with Crippen molar-refractivity contribution in [3.8, 4) is 0 Å². The molecule has 0 aromatic rings. The SMILES string of the molecule is CC(C)(O[C@@H]1O[C@H](CO)[C@@H](O)[C@@H](O)[C@H]1O)C1CC[C@](C)(C2[C@@H](O)C[C@@]3(C)C4C[C@H](O)C5C(C)(C)C(O[C@@H]6OC[C@@H](O)[C@@H](O)[C@H]6O[C@@H]6O[C@H](CO)[C@@H](O)[C@@H](O)[C@H]6O)CCC56CC46CC[C@]23C)O1. The van der Waals surface area contributed by atoms with E-state index in [2.05, 4.69) is 34.6 Å². The summed E-state index contributed by atoms with van der Waals surface area (Å²) in [5.74, 6) is -0.293. The molecular formula is C47H78O19. The number of rotatable bonds is 10. The number of aliphatic hydroxyl groups is 12. The average Bonchev–Trinajstić information content (AvgIpc) is 3.61. The first-order chi connectivity index (χ1) is 30.8. The van der Waals surface area contributed by atoms with E-state index in [-0.39, 0.29) is 46.0 Å². The molecule has 7 unspecified atom stereocenters. The van der Waals surface area contributed by atoms with E-state index in [4.69, 9.17) is 33.2 Å². The molecule has 4 heterocycles. The highest BCUT2D eigenvalue weighted by Gasteiger charge is 2.85. The summed E-state index contributed by atoms with van der Waals surface area (Å²) >= 11 is 0. The fourth-order valence-electron chi connectivity index (χ4n) is 16.4. The van der Waals surface area contributed by atoms with E-state index in [1.54, 1.807) is 0 Å². The molecule has 19 heteroatoms. The van der Waals surface area contributed by atoms with Crippen LogP contribution >= 0.6 is 0 Å². The van der Waals surface area contributed by atoms with E-state index in [1.165, 1.54) is 0 Å². The number of fused-ring (bicyclic) bond motifs is 2. The van der Waals surface area contributed by atoms with Crippen LogP contribution in [-0.2, 0) is 33.2 Å². The minimum Gasteiger partial charge on any atom is -0.394 e. The molecule has 5 aliphatic carbocycles. The molecule has 0 amide bonds. The lowest BCUT2D eigenvalue weighted by atomic mass is 9.41. The van der Waals surface area contributed by atoms with Crippen LogP contribution in [0.25, 0.3) is 0 Å². The van der Waals surface area contributed by atoms with Crippen LogP contribution in [0.4, 0.5) is 0 Å². The Bertz CT molecular complexity index is 1770. The zero-order valence-corrected chi connectivity index (χ0v) is 39.3. The molecule has 2 spiro atoms. The van der Waals surface area contributed by atoms with Crippen LogP contribution in [0.1, 0.15) is 106 Å². The molecule has 380 valence electrons. The third kappa shape index (κ3) is 7.22. The summed E-state index contributed by atoms with van der Waals surface area (Å²) in [7, 11) is 0. The average molecular weight is 947 g/mol. The summed E-state index contributed by atoms with van der Waals surface area (Å²) in [4.78, 5) is 0. The molecule has 0 aromatic carbocycles. The Balaban J connectivity index is 0.907. The van der Waals surface area contributed by atoms with Crippen LogP contribution in [0.15, 0.2) is 0 Å². The van der Waals surface area contributed by atoms with Gasteiger partial charge in [-0.05, 0) is 117 Å². The molecule has 0 bridgehead atoms. The van der Waals surface area contributed by atoms with Crippen molar-refractivity contribution in [3.63, 3.8) is 0 Å². The molecule has 4 saturated heterocycles. The molecule has 9 rings (SSSR count). The molecule has 66 heavy (non-hydrogen) atoms. The summed E-state index contributed by atoms with van der Waals surface area (Å²) in [5.41, 5.74) is -3.37. The normalized spacial score (nSPS) is 58.0. The quantitative estimate of drug-likeness (QED) is 0.112. The largest absolute Gasteiger partial charge is 0.394 e. The summed E-state index contributed by atoms with van der Waals surface area (Å²) in [5, 5.41) is 129. The number of hydrogen-bond acceptors (Lipinski definition) is 19. The van der Waals surface area contributed by atoms with Gasteiger partial charge >= 0.3 is 0 Å². The van der Waals surface area contributed by atoms with E-state index in [9.17, 15) is 61.3 Å². The first-order valence-corrected chi connectivity index (χ1v) is 24.4. The van der Waals surface area contributed by atoms with Crippen molar-refractivity contribution in [3.05, 3.63) is 0 Å². The molecule has 0 aromatic heterocycles. The smallest absolute Gasteiger partial charge is 0.187 e. The predicted octanol–water partition coefficient (Wildman–Crippen LogP) is -1.45. The van der Waals surface area contributed by atoms with E-state index < -0.39 is 140 Å². The van der Waals surface area contributed by atoms with Crippen molar-refractivity contribution in [2.75, 3.05) is 19.8 Å². The van der Waals surface area contributed by atoms with Crippen LogP contribution in [0.3, 0.4) is 0 Å². The monoisotopic (exact) mass is 947 g/mol. The lowest BCUT2D eigenvalue weighted by Crippen LogP contribution is -2.64. The second-order valence-corrected chi connectivity index (χ2v) is 23.8. The Kier molecular flexibility index (Phi) is 12.9. The third-order valence-electron chi connectivity index (χ3n) is 19.9. The topological polar surface area (TPSA) is 307 Å². The minimum atomic E-state index is -1.75. The van der Waals surface area contributed by atoms with Gasteiger partial charge in [-0.1, -0.05) is 27.7 Å². The van der Waals surface area contributed by atoms with Gasteiger partial charge < -0.3 is 94.4 Å². The van der Waals surface area contributed by atoms with Gasteiger partial charge in [0.2, 0.25) is 0 Å². The van der Waals surface area contributed by atoms with Gasteiger partial charge in [0.25, 0.3) is 0 Å². The highest BCUT2D eigenvalue weighted by Crippen LogP contribution is 2.89. The molecule has 9 aliphatic rings. The molecule has 19 nitrogen and oxygen atoms in total.